The molecule has 1 aromatic heterocycles. The Balaban J connectivity index is 1.48. The van der Waals surface area contributed by atoms with Gasteiger partial charge in [-0.25, -0.2) is 13.5 Å². The molecule has 0 aliphatic carbocycles. The minimum atomic E-state index is -0.460. The van der Waals surface area contributed by atoms with E-state index in [0.29, 0.717) is 17.1 Å². The zero-order chi connectivity index (χ0) is 18.8. The van der Waals surface area contributed by atoms with Gasteiger partial charge in [0.25, 0.3) is 5.91 Å². The number of nitrogens with one attached hydrogen (secondary N) is 1. The van der Waals surface area contributed by atoms with Gasteiger partial charge in [0, 0.05) is 25.0 Å². The Bertz CT molecular complexity index is 980. The Morgan fingerprint density at radius 3 is 2.59 bits per heavy atom. The summed E-state index contributed by atoms with van der Waals surface area (Å²) >= 11 is 0. The van der Waals surface area contributed by atoms with E-state index in [2.05, 4.69) is 10.4 Å². The van der Waals surface area contributed by atoms with Gasteiger partial charge < -0.3 is 10.2 Å². The molecule has 4 rings (SSSR count). The van der Waals surface area contributed by atoms with Crippen LogP contribution >= 0.6 is 0 Å². The molecule has 27 heavy (non-hydrogen) atoms. The normalized spacial score (nSPS) is 13.8. The van der Waals surface area contributed by atoms with Crippen molar-refractivity contribution in [2.75, 3.05) is 23.3 Å². The third-order valence-electron chi connectivity index (χ3n) is 4.55. The van der Waals surface area contributed by atoms with Crippen LogP contribution in [-0.4, -0.2) is 28.8 Å². The van der Waals surface area contributed by atoms with Gasteiger partial charge in [-0.15, -0.1) is 0 Å². The van der Waals surface area contributed by atoms with E-state index in [1.54, 1.807) is 30.5 Å². The number of halogens is 2. The van der Waals surface area contributed by atoms with Gasteiger partial charge in [-0.1, -0.05) is 6.07 Å². The lowest BCUT2D eigenvalue weighted by Gasteiger charge is -2.18. The summed E-state index contributed by atoms with van der Waals surface area (Å²) in [5.74, 6) is -1.21. The summed E-state index contributed by atoms with van der Waals surface area (Å²) in [5, 5.41) is 6.80. The van der Waals surface area contributed by atoms with Crippen molar-refractivity contribution < 1.29 is 13.6 Å². The molecule has 1 N–H and O–H groups in total. The highest BCUT2D eigenvalue weighted by Gasteiger charge is 2.17. The first-order valence-electron chi connectivity index (χ1n) is 8.77. The van der Waals surface area contributed by atoms with Crippen molar-refractivity contribution in [3.63, 3.8) is 0 Å². The molecular formula is C20H18F2N4O. The molecule has 3 aromatic rings. The Labute approximate surface area is 155 Å². The summed E-state index contributed by atoms with van der Waals surface area (Å²) in [6.07, 6.45) is 3.69. The van der Waals surface area contributed by atoms with Gasteiger partial charge in [-0.3, -0.25) is 4.79 Å². The van der Waals surface area contributed by atoms with Crippen LogP contribution in [0.2, 0.25) is 0 Å². The van der Waals surface area contributed by atoms with Crippen LogP contribution in [0.1, 0.15) is 23.3 Å². The highest BCUT2D eigenvalue weighted by Crippen LogP contribution is 2.26. The van der Waals surface area contributed by atoms with Gasteiger partial charge in [-0.05, 0) is 55.3 Å². The summed E-state index contributed by atoms with van der Waals surface area (Å²) in [6, 6.07) is 12.1. The second kappa shape index (κ2) is 7.19. The lowest BCUT2D eigenvalue weighted by molar-refractivity contribution is 0.102. The summed E-state index contributed by atoms with van der Waals surface area (Å²) < 4.78 is 29.1. The molecule has 1 aliphatic rings. The minimum absolute atomic E-state index is 0.156. The van der Waals surface area contributed by atoms with Crippen molar-refractivity contribution in [1.82, 2.24) is 9.78 Å². The van der Waals surface area contributed by atoms with Crippen molar-refractivity contribution in [2.45, 2.75) is 12.8 Å². The number of benzene rings is 2. The smallest absolute Gasteiger partial charge is 0.276 e. The highest BCUT2D eigenvalue weighted by molar-refractivity contribution is 6.02. The number of amides is 1. The van der Waals surface area contributed by atoms with Crippen LogP contribution < -0.4 is 10.2 Å². The Kier molecular flexibility index (Phi) is 4.58. The number of nitrogens with zero attached hydrogens (tertiary/aromatic N) is 3. The molecule has 0 spiro atoms. The fourth-order valence-electron chi connectivity index (χ4n) is 3.20. The van der Waals surface area contributed by atoms with E-state index in [1.165, 1.54) is 28.9 Å². The zero-order valence-electron chi connectivity index (χ0n) is 14.5. The van der Waals surface area contributed by atoms with Gasteiger partial charge in [0.1, 0.15) is 11.6 Å². The average Bonchev–Trinajstić information content (AvgIpc) is 3.34. The number of aromatic nitrogens is 2. The average molecular weight is 368 g/mol. The van der Waals surface area contributed by atoms with Crippen LogP contribution in [0.5, 0.6) is 0 Å². The quantitative estimate of drug-likeness (QED) is 0.757. The molecule has 0 radical (unpaired) electrons. The maximum absolute atomic E-state index is 14.4. The van der Waals surface area contributed by atoms with Crippen LogP contribution in [0.3, 0.4) is 0 Å². The summed E-state index contributed by atoms with van der Waals surface area (Å²) in [4.78, 5) is 14.4. The predicted octanol–water partition coefficient (Wildman–Crippen LogP) is 4.00. The third kappa shape index (κ3) is 3.67. The summed E-state index contributed by atoms with van der Waals surface area (Å²) in [7, 11) is 0. The molecule has 1 aliphatic heterocycles. The van der Waals surface area contributed by atoms with Gasteiger partial charge in [-0.2, -0.15) is 5.10 Å². The topological polar surface area (TPSA) is 50.2 Å². The molecule has 1 fully saturated rings. The molecule has 2 aromatic carbocycles. The summed E-state index contributed by atoms with van der Waals surface area (Å²) in [5.41, 5.74) is 1.58. The maximum atomic E-state index is 14.4. The zero-order valence-corrected chi connectivity index (χ0v) is 14.5. The van der Waals surface area contributed by atoms with E-state index < -0.39 is 5.91 Å². The number of hydrogen-bond acceptors (Lipinski definition) is 3. The molecule has 5 nitrogen and oxygen atoms in total. The van der Waals surface area contributed by atoms with Crippen LogP contribution in [0, 0.1) is 11.6 Å². The van der Waals surface area contributed by atoms with Crippen LogP contribution in [0.15, 0.2) is 54.7 Å². The second-order valence-electron chi connectivity index (χ2n) is 6.44. The van der Waals surface area contributed by atoms with E-state index in [9.17, 15) is 13.6 Å². The standard InChI is InChI=1S/C20H18F2N4O/c21-14-4-3-5-16(12-14)26-11-8-18(24-26)20(27)23-15-6-7-19(17(22)13-15)25-9-1-2-10-25/h3-8,11-13H,1-2,9-10H2,(H,23,27). The van der Waals surface area contributed by atoms with E-state index in [0.717, 1.165) is 25.9 Å². The van der Waals surface area contributed by atoms with Gasteiger partial charge >= 0.3 is 0 Å². The molecule has 7 heteroatoms. The number of rotatable bonds is 4. The third-order valence-corrected chi connectivity index (χ3v) is 4.55. The molecule has 0 bridgehead atoms. The molecular weight excluding hydrogens is 350 g/mol. The fraction of sp³-hybridized carbons (Fsp3) is 0.200. The fourth-order valence-corrected chi connectivity index (χ4v) is 3.20. The van der Waals surface area contributed by atoms with Crippen LogP contribution in [-0.2, 0) is 0 Å². The molecule has 1 saturated heterocycles. The summed E-state index contributed by atoms with van der Waals surface area (Å²) in [6.45, 7) is 1.69. The number of carbonyl (C=O) groups excluding carboxylic acids is 1. The Hall–Kier alpha value is -3.22. The van der Waals surface area contributed by atoms with Crippen molar-refractivity contribution in [3.8, 4) is 5.69 Å². The second-order valence-corrected chi connectivity index (χ2v) is 6.44. The van der Waals surface area contributed by atoms with Crippen LogP contribution in [0.4, 0.5) is 20.2 Å². The number of hydrogen-bond donors (Lipinski definition) is 1. The molecule has 0 unspecified atom stereocenters. The van der Waals surface area contributed by atoms with Gasteiger partial charge in [0.05, 0.1) is 11.4 Å². The van der Waals surface area contributed by atoms with Crippen molar-refractivity contribution >= 4 is 17.3 Å². The number of carbonyl (C=O) groups is 1. The predicted molar refractivity (Wildman–Crippen MR) is 99.3 cm³/mol. The number of anilines is 2. The van der Waals surface area contributed by atoms with E-state index in [1.807, 2.05) is 4.90 Å². The van der Waals surface area contributed by atoms with Crippen LogP contribution in [0.25, 0.3) is 5.69 Å². The van der Waals surface area contributed by atoms with Gasteiger partial charge in [0.15, 0.2) is 5.69 Å². The van der Waals surface area contributed by atoms with E-state index >= 15 is 0 Å². The monoisotopic (exact) mass is 368 g/mol. The largest absolute Gasteiger partial charge is 0.369 e. The minimum Gasteiger partial charge on any atom is -0.369 e. The first-order chi connectivity index (χ1) is 13.1. The first kappa shape index (κ1) is 17.2. The SMILES string of the molecule is O=C(Nc1ccc(N2CCCC2)c(F)c1)c1ccn(-c2cccc(F)c2)n1. The van der Waals surface area contributed by atoms with E-state index in [4.69, 9.17) is 0 Å². The molecule has 0 atom stereocenters. The molecule has 138 valence electrons. The maximum Gasteiger partial charge on any atom is 0.276 e. The van der Waals surface area contributed by atoms with Crippen molar-refractivity contribution in [1.29, 1.82) is 0 Å². The lowest BCUT2D eigenvalue weighted by Crippen LogP contribution is -2.19. The van der Waals surface area contributed by atoms with Crippen molar-refractivity contribution in [3.05, 3.63) is 72.1 Å². The Morgan fingerprint density at radius 1 is 1.04 bits per heavy atom. The van der Waals surface area contributed by atoms with Crippen molar-refractivity contribution in [2.24, 2.45) is 0 Å². The lowest BCUT2D eigenvalue weighted by atomic mass is 10.2. The molecule has 1 amide bonds. The van der Waals surface area contributed by atoms with E-state index in [-0.39, 0.29) is 17.3 Å². The highest BCUT2D eigenvalue weighted by atomic mass is 19.1. The molecule has 0 saturated carbocycles. The van der Waals surface area contributed by atoms with Gasteiger partial charge in [0.2, 0.25) is 0 Å². The first-order valence-corrected chi connectivity index (χ1v) is 8.77. The Morgan fingerprint density at radius 2 is 1.85 bits per heavy atom. The molecule has 2 heterocycles.